The lowest BCUT2D eigenvalue weighted by Crippen LogP contribution is -2.11. The molecule has 0 saturated carbocycles. The van der Waals surface area contributed by atoms with Crippen LogP contribution in [0.1, 0.15) is 40.0 Å². The number of pyridine rings is 1. The highest BCUT2D eigenvalue weighted by atomic mass is 32.1. The van der Waals surface area contributed by atoms with Gasteiger partial charge in [0.25, 0.3) is 5.91 Å². The van der Waals surface area contributed by atoms with Crippen LogP contribution >= 0.6 is 11.3 Å². The van der Waals surface area contributed by atoms with Crippen LogP contribution in [-0.4, -0.2) is 22.6 Å². The highest BCUT2D eigenvalue weighted by Gasteiger charge is 2.18. The lowest BCUT2D eigenvalue weighted by molar-refractivity contribution is 0.100. The maximum Gasteiger partial charge on any atom is 0.251 e. The van der Waals surface area contributed by atoms with Crippen molar-refractivity contribution in [3.8, 4) is 10.4 Å². The highest BCUT2D eigenvalue weighted by molar-refractivity contribution is 7.19. The van der Waals surface area contributed by atoms with Crippen molar-refractivity contribution in [2.24, 2.45) is 5.73 Å². The second-order valence-electron chi connectivity index (χ2n) is 8.30. The third-order valence-corrected chi connectivity index (χ3v) is 6.66. The Hall–Kier alpha value is -3.66. The molecular weight excluding hydrogens is 484 g/mol. The zero-order valence-electron chi connectivity index (χ0n) is 19.5. The molecule has 0 aliphatic carbocycles. The molecule has 4 rings (SSSR count). The molecule has 4 N–H and O–H groups in total. The first-order valence-electron chi connectivity index (χ1n) is 11.2. The van der Waals surface area contributed by atoms with Gasteiger partial charge >= 0.3 is 0 Å². The number of anilines is 2. The van der Waals surface area contributed by atoms with E-state index in [4.69, 9.17) is 10.5 Å². The first-order chi connectivity index (χ1) is 17.3. The lowest BCUT2D eigenvalue weighted by Gasteiger charge is -2.10. The number of hydrogen-bond acceptors (Lipinski definition) is 6. The Morgan fingerprint density at radius 2 is 1.89 bits per heavy atom. The molecule has 2 aromatic carbocycles. The molecule has 36 heavy (non-hydrogen) atoms. The van der Waals surface area contributed by atoms with E-state index in [1.807, 2.05) is 6.92 Å². The van der Waals surface area contributed by atoms with Crippen LogP contribution in [0.5, 0.6) is 0 Å². The molecule has 2 aromatic heterocycles. The van der Waals surface area contributed by atoms with Gasteiger partial charge in [0.15, 0.2) is 0 Å². The second kappa shape index (κ2) is 11.4. The smallest absolute Gasteiger partial charge is 0.251 e. The van der Waals surface area contributed by atoms with E-state index >= 15 is 0 Å². The third-order valence-electron chi connectivity index (χ3n) is 5.58. The van der Waals surface area contributed by atoms with Crippen molar-refractivity contribution in [3.05, 3.63) is 101 Å². The summed E-state index contributed by atoms with van der Waals surface area (Å²) in [4.78, 5) is 17.1. The fraction of sp³-hybridized carbons (Fsp3) is 0.185. The first-order valence-corrected chi connectivity index (χ1v) is 12.0. The number of amides is 1. The first kappa shape index (κ1) is 25.4. The number of ether oxygens (including phenoxy) is 1. The van der Waals surface area contributed by atoms with Gasteiger partial charge in [-0.1, -0.05) is 37.3 Å². The number of thiophene rings is 1. The van der Waals surface area contributed by atoms with E-state index in [-0.39, 0.29) is 30.5 Å². The minimum absolute atomic E-state index is 0.0823. The minimum atomic E-state index is -0.648. The van der Waals surface area contributed by atoms with Crippen LogP contribution in [0.4, 0.5) is 19.6 Å². The normalized spacial score (nSPS) is 11.9. The number of rotatable bonds is 10. The fourth-order valence-corrected chi connectivity index (χ4v) is 4.64. The number of halogens is 2. The van der Waals surface area contributed by atoms with Gasteiger partial charge in [-0.2, -0.15) is 0 Å². The van der Waals surface area contributed by atoms with Gasteiger partial charge in [-0.3, -0.25) is 4.79 Å². The highest BCUT2D eigenvalue weighted by Crippen LogP contribution is 2.38. The molecule has 0 bridgehead atoms. The van der Waals surface area contributed by atoms with E-state index in [0.29, 0.717) is 39.1 Å². The molecule has 0 fully saturated rings. The maximum atomic E-state index is 14.9. The van der Waals surface area contributed by atoms with Crippen LogP contribution < -0.4 is 11.1 Å². The van der Waals surface area contributed by atoms with Crippen LogP contribution in [0.2, 0.25) is 0 Å². The average molecular weight is 510 g/mol. The largest absolute Gasteiger partial charge is 0.396 e. The number of nitrogens with one attached hydrogen (secondary N) is 1. The summed E-state index contributed by atoms with van der Waals surface area (Å²) in [6.07, 6.45) is 0. The Morgan fingerprint density at radius 1 is 1.11 bits per heavy atom. The van der Waals surface area contributed by atoms with Gasteiger partial charge in [0.2, 0.25) is 0 Å². The van der Waals surface area contributed by atoms with E-state index in [1.165, 1.54) is 29.5 Å². The Labute approximate surface area is 211 Å². The van der Waals surface area contributed by atoms with Gasteiger partial charge in [-0.15, -0.1) is 11.3 Å². The quantitative estimate of drug-likeness (QED) is 0.253. The van der Waals surface area contributed by atoms with Gasteiger partial charge in [0.1, 0.15) is 22.5 Å². The standard InChI is InChI=1S/C27H25F2N3O3S/c1-16(13-33)18-7-10-21(23(29)11-18)24-12-22(26(30)34)27(36-24)32-25-4-2-3-20(31-25)15-35-14-17-5-8-19(28)9-6-17/h2-12,16,33H,13-15H2,1H3,(H2,30,34)(H,31,32). The van der Waals surface area contributed by atoms with E-state index in [0.717, 1.165) is 5.56 Å². The van der Waals surface area contributed by atoms with Crippen LogP contribution in [0.15, 0.2) is 66.7 Å². The predicted octanol–water partition coefficient (Wildman–Crippen LogP) is 5.74. The molecule has 0 saturated heterocycles. The maximum absolute atomic E-state index is 14.9. The molecular formula is C27H25F2N3O3S. The van der Waals surface area contributed by atoms with Gasteiger partial charge in [0.05, 0.1) is 24.5 Å². The number of hydrogen-bond donors (Lipinski definition) is 3. The van der Waals surface area contributed by atoms with Crippen LogP contribution in [0.3, 0.4) is 0 Å². The molecule has 6 nitrogen and oxygen atoms in total. The van der Waals surface area contributed by atoms with Crippen molar-refractivity contribution in [3.63, 3.8) is 0 Å². The second-order valence-corrected chi connectivity index (χ2v) is 9.35. The van der Waals surface area contributed by atoms with Crippen molar-refractivity contribution in [2.45, 2.75) is 26.1 Å². The Balaban J connectivity index is 1.50. The zero-order valence-corrected chi connectivity index (χ0v) is 20.3. The van der Waals surface area contributed by atoms with Gasteiger partial charge in [-0.05, 0) is 47.5 Å². The monoisotopic (exact) mass is 509 g/mol. The Morgan fingerprint density at radius 3 is 2.58 bits per heavy atom. The topological polar surface area (TPSA) is 97.5 Å². The van der Waals surface area contributed by atoms with Gasteiger partial charge in [-0.25, -0.2) is 13.8 Å². The number of benzene rings is 2. The van der Waals surface area contributed by atoms with Crippen LogP contribution in [0, 0.1) is 11.6 Å². The van der Waals surface area contributed by atoms with E-state index in [1.54, 1.807) is 48.5 Å². The number of carbonyl (C=O) groups excluding carboxylic acids is 1. The molecule has 0 spiro atoms. The lowest BCUT2D eigenvalue weighted by atomic mass is 9.99. The third kappa shape index (κ3) is 6.12. The number of nitrogens with two attached hydrogens (primary N) is 1. The summed E-state index contributed by atoms with van der Waals surface area (Å²) < 4.78 is 33.6. The molecule has 2 heterocycles. The number of aromatic nitrogens is 1. The summed E-state index contributed by atoms with van der Waals surface area (Å²) in [6.45, 7) is 2.26. The summed E-state index contributed by atoms with van der Waals surface area (Å²) >= 11 is 1.19. The molecule has 9 heteroatoms. The van der Waals surface area contributed by atoms with E-state index in [2.05, 4.69) is 10.3 Å². The molecule has 0 aliphatic rings. The molecule has 0 aliphatic heterocycles. The summed E-state index contributed by atoms with van der Waals surface area (Å²) in [5.74, 6) is -1.11. The van der Waals surface area contributed by atoms with Gasteiger partial charge in [0, 0.05) is 23.0 Å². The van der Waals surface area contributed by atoms with Crippen molar-refractivity contribution in [2.75, 3.05) is 11.9 Å². The van der Waals surface area contributed by atoms with Crippen molar-refractivity contribution >= 4 is 28.1 Å². The molecule has 0 radical (unpaired) electrons. The van der Waals surface area contributed by atoms with Crippen LogP contribution in [-0.2, 0) is 18.0 Å². The fourth-order valence-electron chi connectivity index (χ4n) is 3.54. The summed E-state index contributed by atoms with van der Waals surface area (Å²) in [7, 11) is 0. The van der Waals surface area contributed by atoms with E-state index < -0.39 is 11.7 Å². The minimum Gasteiger partial charge on any atom is -0.396 e. The number of aliphatic hydroxyl groups excluding tert-OH is 1. The number of nitrogens with zero attached hydrogens (tertiary/aromatic N) is 1. The van der Waals surface area contributed by atoms with Crippen LogP contribution in [0.25, 0.3) is 10.4 Å². The average Bonchev–Trinajstić information content (AvgIpc) is 3.28. The van der Waals surface area contributed by atoms with Crippen molar-refractivity contribution in [1.82, 2.24) is 4.98 Å². The van der Waals surface area contributed by atoms with Gasteiger partial charge < -0.3 is 20.9 Å². The number of aliphatic hydroxyl groups is 1. The Kier molecular flexibility index (Phi) is 8.04. The molecule has 4 aromatic rings. The molecule has 1 unspecified atom stereocenters. The summed E-state index contributed by atoms with van der Waals surface area (Å²) in [5, 5.41) is 12.9. The summed E-state index contributed by atoms with van der Waals surface area (Å²) in [6, 6.07) is 17.7. The van der Waals surface area contributed by atoms with E-state index in [9.17, 15) is 18.7 Å². The summed E-state index contributed by atoms with van der Waals surface area (Å²) in [5.41, 5.74) is 8.32. The molecule has 186 valence electrons. The van der Waals surface area contributed by atoms with Crippen molar-refractivity contribution in [1.29, 1.82) is 0 Å². The van der Waals surface area contributed by atoms with Crippen molar-refractivity contribution < 1.29 is 23.4 Å². The zero-order chi connectivity index (χ0) is 25.7. The molecule has 1 atom stereocenters. The Bertz CT molecular complexity index is 1360. The molecule has 1 amide bonds. The SMILES string of the molecule is CC(CO)c1ccc(-c2cc(C(N)=O)c(Nc3cccc(COCc4ccc(F)cc4)n3)s2)c(F)c1. The number of carbonyl (C=O) groups is 1. The number of primary amides is 1. The predicted molar refractivity (Wildman–Crippen MR) is 136 cm³/mol.